The highest BCUT2D eigenvalue weighted by Crippen LogP contribution is 2.31. The molecule has 31 heavy (non-hydrogen) atoms. The van der Waals surface area contributed by atoms with Crippen LogP contribution in [0, 0.1) is 18.6 Å². The summed E-state index contributed by atoms with van der Waals surface area (Å²) in [5.41, 5.74) is 7.38. The summed E-state index contributed by atoms with van der Waals surface area (Å²) in [6, 6.07) is 7.80. The van der Waals surface area contributed by atoms with Gasteiger partial charge in [-0.25, -0.2) is 13.8 Å². The van der Waals surface area contributed by atoms with Crippen molar-refractivity contribution in [2.45, 2.75) is 6.92 Å². The molecule has 4 aromatic rings. The molecule has 0 fully saturated rings. The smallest absolute Gasteiger partial charge is 0.256 e. The molecule has 0 radical (unpaired) electrons. The van der Waals surface area contributed by atoms with Gasteiger partial charge in [-0.2, -0.15) is 10.2 Å². The van der Waals surface area contributed by atoms with Crippen molar-refractivity contribution >= 4 is 28.9 Å². The molecule has 0 spiro atoms. The van der Waals surface area contributed by atoms with Gasteiger partial charge < -0.3 is 11.1 Å². The van der Waals surface area contributed by atoms with Crippen LogP contribution in [0.1, 0.15) is 15.9 Å². The number of halogens is 3. The summed E-state index contributed by atoms with van der Waals surface area (Å²) >= 11 is 6.21. The number of nitrogens with zero attached hydrogens (tertiary/aromatic N) is 4. The lowest BCUT2D eigenvalue weighted by molar-refractivity contribution is 0.102. The molecule has 0 aliphatic heterocycles. The molecule has 2 aromatic carbocycles. The highest BCUT2D eigenvalue weighted by molar-refractivity contribution is 6.32. The number of carbonyl (C=O) groups excluding carboxylic acids is 1. The fraction of sp³-hybridized carbons (Fsp3) is 0.0476. The maximum atomic E-state index is 14.8. The van der Waals surface area contributed by atoms with Crippen LogP contribution in [0.25, 0.3) is 16.9 Å². The molecule has 4 rings (SSSR count). The molecule has 1 amide bonds. The minimum absolute atomic E-state index is 0.1000. The van der Waals surface area contributed by atoms with E-state index in [-0.39, 0.29) is 21.8 Å². The van der Waals surface area contributed by atoms with Crippen molar-refractivity contribution in [2.75, 3.05) is 11.1 Å². The van der Waals surface area contributed by atoms with E-state index in [9.17, 15) is 13.6 Å². The Morgan fingerprint density at radius 3 is 2.52 bits per heavy atom. The highest BCUT2D eigenvalue weighted by Gasteiger charge is 2.17. The van der Waals surface area contributed by atoms with Crippen LogP contribution in [0.15, 0.2) is 55.0 Å². The number of anilines is 2. The fourth-order valence-electron chi connectivity index (χ4n) is 3.08. The standard InChI is InChI=1S/C21H15ClF2N6O/c1-11-6-16(14-3-2-12(23)7-19(14)25)18(24)9-15(11)21(31)29-13-8-17(22)20(26-10-13)30-27-4-5-28-30/h2-10H,25H2,1H3,(H,29,31). The molecule has 10 heteroatoms. The zero-order valence-electron chi connectivity index (χ0n) is 16.1. The highest BCUT2D eigenvalue weighted by atomic mass is 35.5. The summed E-state index contributed by atoms with van der Waals surface area (Å²) in [5, 5.41) is 10.8. The van der Waals surface area contributed by atoms with Crippen LogP contribution in [0.2, 0.25) is 5.02 Å². The lowest BCUT2D eigenvalue weighted by atomic mass is 9.97. The zero-order chi connectivity index (χ0) is 22.1. The number of aryl methyl sites for hydroxylation is 1. The third-order valence-corrected chi connectivity index (χ3v) is 4.83. The Morgan fingerprint density at radius 1 is 1.10 bits per heavy atom. The maximum absolute atomic E-state index is 14.8. The van der Waals surface area contributed by atoms with Crippen molar-refractivity contribution in [3.8, 4) is 16.9 Å². The number of carbonyl (C=O) groups is 1. The van der Waals surface area contributed by atoms with Crippen LogP contribution in [0.5, 0.6) is 0 Å². The number of nitrogens with two attached hydrogens (primary N) is 1. The number of aromatic nitrogens is 4. The maximum Gasteiger partial charge on any atom is 0.256 e. The van der Waals surface area contributed by atoms with Gasteiger partial charge >= 0.3 is 0 Å². The lowest BCUT2D eigenvalue weighted by Gasteiger charge is -2.13. The number of benzene rings is 2. The molecular formula is C21H15ClF2N6O. The van der Waals surface area contributed by atoms with Crippen LogP contribution in [0.4, 0.5) is 20.2 Å². The van der Waals surface area contributed by atoms with E-state index in [1.807, 2.05) is 0 Å². The Bertz CT molecular complexity index is 1290. The van der Waals surface area contributed by atoms with Crippen molar-refractivity contribution in [3.05, 3.63) is 82.8 Å². The minimum Gasteiger partial charge on any atom is -0.398 e. The first-order valence-electron chi connectivity index (χ1n) is 9.02. The largest absolute Gasteiger partial charge is 0.398 e. The Kier molecular flexibility index (Phi) is 5.35. The first-order valence-corrected chi connectivity index (χ1v) is 9.40. The van der Waals surface area contributed by atoms with Gasteiger partial charge in [-0.3, -0.25) is 4.79 Å². The predicted octanol–water partition coefficient (Wildman–Crippen LogP) is 4.40. The summed E-state index contributed by atoms with van der Waals surface area (Å²) in [4.78, 5) is 18.1. The van der Waals surface area contributed by atoms with E-state index in [1.54, 1.807) is 6.92 Å². The van der Waals surface area contributed by atoms with E-state index >= 15 is 0 Å². The van der Waals surface area contributed by atoms with E-state index in [0.717, 1.165) is 12.1 Å². The van der Waals surface area contributed by atoms with Crippen LogP contribution in [-0.2, 0) is 0 Å². The van der Waals surface area contributed by atoms with E-state index in [4.69, 9.17) is 17.3 Å². The van der Waals surface area contributed by atoms with Gasteiger partial charge in [-0.1, -0.05) is 11.6 Å². The van der Waals surface area contributed by atoms with Gasteiger partial charge in [0.15, 0.2) is 5.82 Å². The Balaban J connectivity index is 1.61. The molecule has 0 aliphatic rings. The SMILES string of the molecule is Cc1cc(-c2ccc(F)cc2N)c(F)cc1C(=O)Nc1cnc(-n2nccn2)c(Cl)c1. The second-order valence-electron chi connectivity index (χ2n) is 6.68. The molecule has 0 unspecified atom stereocenters. The third kappa shape index (κ3) is 4.08. The number of amides is 1. The lowest BCUT2D eigenvalue weighted by Crippen LogP contribution is -2.15. The molecular weight excluding hydrogens is 426 g/mol. The van der Waals surface area contributed by atoms with E-state index < -0.39 is 17.5 Å². The Hall–Kier alpha value is -3.85. The normalized spacial score (nSPS) is 10.8. The first-order chi connectivity index (χ1) is 14.8. The Labute approximate surface area is 180 Å². The third-order valence-electron chi connectivity index (χ3n) is 4.55. The summed E-state index contributed by atoms with van der Waals surface area (Å²) in [6.45, 7) is 1.66. The van der Waals surface area contributed by atoms with Crippen molar-refractivity contribution < 1.29 is 13.6 Å². The van der Waals surface area contributed by atoms with Crippen LogP contribution in [-0.4, -0.2) is 25.9 Å². The van der Waals surface area contributed by atoms with Gasteiger partial charge in [0.05, 0.1) is 29.3 Å². The van der Waals surface area contributed by atoms with Gasteiger partial charge in [0.1, 0.15) is 11.6 Å². The summed E-state index contributed by atoms with van der Waals surface area (Å²) < 4.78 is 28.1. The number of nitrogen functional groups attached to an aromatic ring is 1. The van der Waals surface area contributed by atoms with Crippen LogP contribution >= 0.6 is 11.6 Å². The first kappa shape index (κ1) is 20.4. The number of pyridine rings is 1. The molecule has 0 atom stereocenters. The predicted molar refractivity (Wildman–Crippen MR) is 113 cm³/mol. The monoisotopic (exact) mass is 440 g/mol. The summed E-state index contributed by atoms with van der Waals surface area (Å²) in [6.07, 6.45) is 4.35. The zero-order valence-corrected chi connectivity index (χ0v) is 16.9. The van der Waals surface area contributed by atoms with E-state index in [2.05, 4.69) is 20.5 Å². The molecule has 0 aliphatic carbocycles. The average Bonchev–Trinajstić information content (AvgIpc) is 3.24. The van der Waals surface area contributed by atoms with Gasteiger partial charge in [-0.15, -0.1) is 4.80 Å². The molecule has 0 saturated heterocycles. The number of hydrogen-bond acceptors (Lipinski definition) is 5. The molecule has 0 saturated carbocycles. The van der Waals surface area contributed by atoms with Gasteiger partial charge in [0.25, 0.3) is 5.91 Å². The molecule has 7 nitrogen and oxygen atoms in total. The molecule has 156 valence electrons. The average molecular weight is 441 g/mol. The van der Waals surface area contributed by atoms with E-state index in [1.165, 1.54) is 47.7 Å². The topological polar surface area (TPSA) is 98.7 Å². The Morgan fingerprint density at radius 2 is 1.84 bits per heavy atom. The molecule has 2 heterocycles. The van der Waals surface area contributed by atoms with Gasteiger partial charge in [-0.05, 0) is 48.9 Å². The molecule has 2 aromatic heterocycles. The van der Waals surface area contributed by atoms with Gasteiger partial charge in [0, 0.05) is 22.4 Å². The molecule has 3 N–H and O–H groups in total. The van der Waals surface area contributed by atoms with E-state index in [0.29, 0.717) is 22.6 Å². The van der Waals surface area contributed by atoms with Crippen LogP contribution < -0.4 is 11.1 Å². The second-order valence-corrected chi connectivity index (χ2v) is 7.09. The minimum atomic E-state index is -0.662. The second kappa shape index (κ2) is 8.11. The quantitative estimate of drug-likeness (QED) is 0.458. The van der Waals surface area contributed by atoms with Crippen molar-refractivity contribution in [3.63, 3.8) is 0 Å². The fourth-order valence-corrected chi connectivity index (χ4v) is 3.32. The van der Waals surface area contributed by atoms with Crippen molar-refractivity contribution in [1.29, 1.82) is 0 Å². The van der Waals surface area contributed by atoms with Crippen LogP contribution in [0.3, 0.4) is 0 Å². The number of nitrogens with one attached hydrogen (secondary N) is 1. The summed E-state index contributed by atoms with van der Waals surface area (Å²) in [5.74, 6) is -1.42. The molecule has 0 bridgehead atoms. The van der Waals surface area contributed by atoms with Crippen molar-refractivity contribution in [2.24, 2.45) is 0 Å². The summed E-state index contributed by atoms with van der Waals surface area (Å²) in [7, 11) is 0. The number of rotatable bonds is 4. The number of hydrogen-bond donors (Lipinski definition) is 2. The van der Waals surface area contributed by atoms with Crippen molar-refractivity contribution in [1.82, 2.24) is 20.0 Å². The van der Waals surface area contributed by atoms with Gasteiger partial charge in [0.2, 0.25) is 0 Å².